The molecular formula is C7H6N4O2. The van der Waals surface area contributed by atoms with Crippen molar-refractivity contribution in [3.63, 3.8) is 0 Å². The van der Waals surface area contributed by atoms with Gasteiger partial charge in [0, 0.05) is 18.5 Å². The molecule has 6 heteroatoms. The van der Waals surface area contributed by atoms with Gasteiger partial charge in [-0.05, 0) is 0 Å². The smallest absolute Gasteiger partial charge is 0.317 e. The molecule has 2 aromatic rings. The van der Waals surface area contributed by atoms with Crippen LogP contribution in [0.15, 0.2) is 18.5 Å². The van der Waals surface area contributed by atoms with Gasteiger partial charge in [-0.2, -0.15) is 9.97 Å². The fourth-order valence-corrected chi connectivity index (χ4v) is 0.949. The highest BCUT2D eigenvalue weighted by molar-refractivity contribution is 5.50. The van der Waals surface area contributed by atoms with Crippen LogP contribution in [0.5, 0.6) is 11.9 Å². The average molecular weight is 178 g/mol. The Balaban J connectivity index is 2.53. The van der Waals surface area contributed by atoms with Gasteiger partial charge in [0.1, 0.15) is 5.69 Å². The van der Waals surface area contributed by atoms with E-state index in [4.69, 9.17) is 10.2 Å². The van der Waals surface area contributed by atoms with Gasteiger partial charge in [0.25, 0.3) is 0 Å². The molecule has 0 fully saturated rings. The van der Waals surface area contributed by atoms with Gasteiger partial charge >= 0.3 is 6.01 Å². The van der Waals surface area contributed by atoms with Crippen LogP contribution in [0.3, 0.4) is 0 Å². The maximum atomic E-state index is 9.04. The Morgan fingerprint density at radius 3 is 2.69 bits per heavy atom. The molecule has 2 heterocycles. The van der Waals surface area contributed by atoms with Crippen LogP contribution >= 0.6 is 0 Å². The van der Waals surface area contributed by atoms with Crippen LogP contribution in [0.25, 0.3) is 11.5 Å². The molecule has 6 nitrogen and oxygen atoms in total. The number of H-pyrrole nitrogens is 1. The highest BCUT2D eigenvalue weighted by Crippen LogP contribution is 2.18. The predicted octanol–water partition coefficient (Wildman–Crippen LogP) is 0.278. The number of hydrogen-bond donors (Lipinski definition) is 3. The summed E-state index contributed by atoms with van der Waals surface area (Å²) in [6.07, 6.45) is 3.16. The summed E-state index contributed by atoms with van der Waals surface area (Å²) in [4.78, 5) is 13.7. The minimum absolute atomic E-state index is 0.293. The first-order valence-electron chi connectivity index (χ1n) is 3.52. The summed E-state index contributed by atoms with van der Waals surface area (Å²) < 4.78 is 0. The first kappa shape index (κ1) is 7.53. The molecule has 13 heavy (non-hydrogen) atoms. The third-order valence-electron chi connectivity index (χ3n) is 1.44. The zero-order chi connectivity index (χ0) is 9.26. The van der Waals surface area contributed by atoms with Gasteiger partial charge in [0.15, 0.2) is 5.82 Å². The van der Waals surface area contributed by atoms with E-state index in [1.165, 1.54) is 6.07 Å². The molecule has 0 aliphatic carbocycles. The normalized spacial score (nSPS) is 10.2. The molecule has 0 spiro atoms. The number of aromatic amines is 1. The molecule has 0 amide bonds. The number of imidazole rings is 1. The van der Waals surface area contributed by atoms with E-state index in [0.29, 0.717) is 11.5 Å². The molecule has 0 radical (unpaired) electrons. The number of nitrogens with zero attached hydrogens (tertiary/aromatic N) is 3. The third kappa shape index (κ3) is 1.41. The van der Waals surface area contributed by atoms with Gasteiger partial charge in [-0.15, -0.1) is 0 Å². The Labute approximate surface area is 72.9 Å². The second-order valence-electron chi connectivity index (χ2n) is 2.35. The lowest BCUT2D eigenvalue weighted by Gasteiger charge is -1.97. The number of aromatic nitrogens is 4. The molecule has 2 aromatic heterocycles. The lowest BCUT2D eigenvalue weighted by Crippen LogP contribution is -1.88. The monoisotopic (exact) mass is 178 g/mol. The minimum Gasteiger partial charge on any atom is -0.493 e. The van der Waals surface area contributed by atoms with E-state index < -0.39 is 6.01 Å². The molecule has 0 unspecified atom stereocenters. The number of rotatable bonds is 1. The maximum Gasteiger partial charge on any atom is 0.317 e. The summed E-state index contributed by atoms with van der Waals surface area (Å²) in [5, 5.41) is 18.0. The van der Waals surface area contributed by atoms with Crippen LogP contribution < -0.4 is 0 Å². The standard InChI is InChI=1S/C7H6N4O2/c12-5-3-4(10-7(13)11-5)6-8-1-2-9-6/h1-3H,(H,8,9)(H2,10,11,12,13). The zero-order valence-corrected chi connectivity index (χ0v) is 6.47. The van der Waals surface area contributed by atoms with Crippen molar-refractivity contribution in [3.8, 4) is 23.4 Å². The van der Waals surface area contributed by atoms with E-state index in [1.54, 1.807) is 12.4 Å². The summed E-state index contributed by atoms with van der Waals surface area (Å²) >= 11 is 0. The van der Waals surface area contributed by atoms with Crippen LogP contribution in [-0.2, 0) is 0 Å². The summed E-state index contributed by atoms with van der Waals surface area (Å²) in [5.41, 5.74) is 0.343. The van der Waals surface area contributed by atoms with Crippen molar-refractivity contribution in [2.24, 2.45) is 0 Å². The fraction of sp³-hybridized carbons (Fsp3) is 0. The Kier molecular flexibility index (Phi) is 1.59. The van der Waals surface area contributed by atoms with Crippen LogP contribution in [0.4, 0.5) is 0 Å². The van der Waals surface area contributed by atoms with E-state index >= 15 is 0 Å². The topological polar surface area (TPSA) is 94.9 Å². The largest absolute Gasteiger partial charge is 0.493 e. The van der Waals surface area contributed by atoms with Crippen LogP contribution in [0.1, 0.15) is 0 Å². The maximum absolute atomic E-state index is 9.04. The molecular weight excluding hydrogens is 172 g/mol. The highest BCUT2D eigenvalue weighted by atomic mass is 16.3. The van der Waals surface area contributed by atoms with Crippen molar-refractivity contribution in [2.75, 3.05) is 0 Å². The Bertz CT molecular complexity index is 392. The lowest BCUT2D eigenvalue weighted by molar-refractivity contribution is 0.398. The zero-order valence-electron chi connectivity index (χ0n) is 6.47. The summed E-state index contributed by atoms with van der Waals surface area (Å²) in [6, 6.07) is 0.824. The van der Waals surface area contributed by atoms with Gasteiger partial charge in [-0.3, -0.25) is 0 Å². The van der Waals surface area contributed by atoms with Gasteiger partial charge in [-0.1, -0.05) is 0 Å². The SMILES string of the molecule is Oc1cc(-c2ncc[nH]2)nc(O)n1. The molecule has 0 aromatic carbocycles. The van der Waals surface area contributed by atoms with E-state index in [9.17, 15) is 0 Å². The molecule has 2 rings (SSSR count). The van der Waals surface area contributed by atoms with Crippen molar-refractivity contribution >= 4 is 0 Å². The third-order valence-corrected chi connectivity index (χ3v) is 1.44. The lowest BCUT2D eigenvalue weighted by atomic mass is 10.4. The molecule has 3 N–H and O–H groups in total. The average Bonchev–Trinajstić information content (AvgIpc) is 2.53. The second-order valence-corrected chi connectivity index (χ2v) is 2.35. The Morgan fingerprint density at radius 1 is 1.23 bits per heavy atom. The van der Waals surface area contributed by atoms with E-state index in [0.717, 1.165) is 0 Å². The summed E-state index contributed by atoms with van der Waals surface area (Å²) in [6.45, 7) is 0. The van der Waals surface area contributed by atoms with Crippen molar-refractivity contribution in [1.82, 2.24) is 19.9 Å². The summed E-state index contributed by atoms with van der Waals surface area (Å²) in [5.74, 6) is 0.173. The number of hydrogen-bond acceptors (Lipinski definition) is 5. The molecule has 66 valence electrons. The van der Waals surface area contributed by atoms with E-state index in [-0.39, 0.29) is 5.88 Å². The molecule has 0 atom stereocenters. The quantitative estimate of drug-likeness (QED) is 0.582. The van der Waals surface area contributed by atoms with Crippen molar-refractivity contribution in [3.05, 3.63) is 18.5 Å². The first-order chi connectivity index (χ1) is 6.25. The van der Waals surface area contributed by atoms with Gasteiger partial charge in [0.2, 0.25) is 5.88 Å². The highest BCUT2D eigenvalue weighted by Gasteiger charge is 2.05. The predicted molar refractivity (Wildman–Crippen MR) is 42.9 cm³/mol. The summed E-state index contributed by atoms with van der Waals surface area (Å²) in [7, 11) is 0. The van der Waals surface area contributed by atoms with Crippen molar-refractivity contribution in [2.45, 2.75) is 0 Å². The van der Waals surface area contributed by atoms with Crippen molar-refractivity contribution in [1.29, 1.82) is 0 Å². The van der Waals surface area contributed by atoms with Crippen LogP contribution in [-0.4, -0.2) is 30.1 Å². The Morgan fingerprint density at radius 2 is 2.08 bits per heavy atom. The molecule has 0 aliphatic heterocycles. The minimum atomic E-state index is -0.480. The van der Waals surface area contributed by atoms with Crippen LogP contribution in [0.2, 0.25) is 0 Å². The molecule has 0 aliphatic rings. The van der Waals surface area contributed by atoms with Gasteiger partial charge in [0.05, 0.1) is 0 Å². The first-order valence-corrected chi connectivity index (χ1v) is 3.52. The van der Waals surface area contributed by atoms with E-state index in [1.807, 2.05) is 0 Å². The van der Waals surface area contributed by atoms with Gasteiger partial charge in [-0.25, -0.2) is 4.98 Å². The number of nitrogens with one attached hydrogen (secondary N) is 1. The number of aromatic hydroxyl groups is 2. The Hall–Kier alpha value is -2.11. The molecule has 0 saturated carbocycles. The molecule has 0 bridgehead atoms. The van der Waals surface area contributed by atoms with Crippen molar-refractivity contribution < 1.29 is 10.2 Å². The van der Waals surface area contributed by atoms with Crippen LogP contribution in [0, 0.1) is 0 Å². The van der Waals surface area contributed by atoms with Gasteiger partial charge < -0.3 is 15.2 Å². The second kappa shape index (κ2) is 2.74. The fourth-order valence-electron chi connectivity index (χ4n) is 0.949. The van der Waals surface area contributed by atoms with E-state index in [2.05, 4.69) is 19.9 Å². The molecule has 0 saturated heterocycles.